The maximum atomic E-state index is 13.3. The van der Waals surface area contributed by atoms with E-state index in [4.69, 9.17) is 4.74 Å². The van der Waals surface area contributed by atoms with Crippen molar-refractivity contribution in [1.82, 2.24) is 24.5 Å². The van der Waals surface area contributed by atoms with Crippen molar-refractivity contribution in [2.24, 2.45) is 0 Å². The van der Waals surface area contributed by atoms with Gasteiger partial charge in [-0.1, -0.05) is 48.0 Å². The molecular formula is C26H27N5O3. The second kappa shape index (κ2) is 9.74. The number of methoxy groups -OCH3 is 1. The van der Waals surface area contributed by atoms with Gasteiger partial charge < -0.3 is 14.6 Å². The first-order valence-electron chi connectivity index (χ1n) is 11.0. The number of ether oxygens (including phenoxy) is 1. The molecule has 0 saturated carbocycles. The lowest BCUT2D eigenvalue weighted by atomic mass is 10.1. The van der Waals surface area contributed by atoms with Crippen molar-refractivity contribution in [3.05, 3.63) is 93.9 Å². The summed E-state index contributed by atoms with van der Waals surface area (Å²) >= 11 is 0. The maximum absolute atomic E-state index is 13.3. The maximum Gasteiger partial charge on any atom is 0.279 e. The zero-order valence-corrected chi connectivity index (χ0v) is 19.5. The van der Waals surface area contributed by atoms with E-state index in [0.717, 1.165) is 22.4 Å². The number of rotatable bonds is 8. The van der Waals surface area contributed by atoms with Crippen LogP contribution >= 0.6 is 0 Å². The summed E-state index contributed by atoms with van der Waals surface area (Å²) in [6.07, 6.45) is 1.67. The van der Waals surface area contributed by atoms with Crippen molar-refractivity contribution in [1.29, 1.82) is 0 Å². The highest BCUT2D eigenvalue weighted by molar-refractivity contribution is 5.78. The number of benzene rings is 2. The summed E-state index contributed by atoms with van der Waals surface area (Å²) in [7, 11) is 1.61. The van der Waals surface area contributed by atoms with Crippen LogP contribution in [0.4, 0.5) is 0 Å². The second-order valence-electron chi connectivity index (χ2n) is 8.08. The van der Waals surface area contributed by atoms with Gasteiger partial charge in [-0.3, -0.25) is 9.59 Å². The number of nitrogens with one attached hydrogen (secondary N) is 1. The number of carbonyl (C=O) groups excluding carboxylic acids is 1. The Kier molecular flexibility index (Phi) is 6.58. The zero-order chi connectivity index (χ0) is 24.2. The number of amides is 1. The van der Waals surface area contributed by atoms with Gasteiger partial charge in [-0.15, -0.1) is 11.7 Å². The number of fused-ring (bicyclic) bond motifs is 1. The molecule has 4 aromatic rings. The third-order valence-electron chi connectivity index (χ3n) is 5.73. The van der Waals surface area contributed by atoms with Gasteiger partial charge in [-0.2, -0.15) is 9.50 Å². The monoisotopic (exact) mass is 457 g/mol. The van der Waals surface area contributed by atoms with E-state index in [2.05, 4.69) is 22.0 Å². The first-order chi connectivity index (χ1) is 16.4. The Labute approximate surface area is 197 Å². The average molecular weight is 458 g/mol. The number of hydrogen-bond donors (Lipinski definition) is 1. The second-order valence-corrected chi connectivity index (χ2v) is 8.08. The summed E-state index contributed by atoms with van der Waals surface area (Å²) in [5.41, 5.74) is 3.57. The molecule has 0 aliphatic rings. The van der Waals surface area contributed by atoms with Gasteiger partial charge >= 0.3 is 0 Å². The molecule has 8 heteroatoms. The lowest BCUT2D eigenvalue weighted by Gasteiger charge is -2.14. The van der Waals surface area contributed by atoms with E-state index < -0.39 is 0 Å². The van der Waals surface area contributed by atoms with Crippen LogP contribution in [0.5, 0.6) is 5.75 Å². The fraction of sp³-hybridized carbons (Fsp3) is 0.231. The molecule has 0 aliphatic carbocycles. The van der Waals surface area contributed by atoms with Crippen LogP contribution in [0.15, 0.2) is 66.0 Å². The van der Waals surface area contributed by atoms with Crippen LogP contribution < -0.4 is 15.6 Å². The molecule has 0 aliphatic heterocycles. The van der Waals surface area contributed by atoms with Crippen LogP contribution in [-0.4, -0.2) is 32.2 Å². The smallest absolute Gasteiger partial charge is 0.279 e. The molecule has 0 fully saturated rings. The van der Waals surface area contributed by atoms with Crippen molar-refractivity contribution in [3.8, 4) is 17.1 Å². The van der Waals surface area contributed by atoms with Crippen molar-refractivity contribution >= 4 is 11.7 Å². The summed E-state index contributed by atoms with van der Waals surface area (Å²) in [4.78, 5) is 30.7. The van der Waals surface area contributed by atoms with Crippen molar-refractivity contribution < 1.29 is 9.53 Å². The Hall–Kier alpha value is -4.20. The first-order valence-corrected chi connectivity index (χ1v) is 11.0. The standard InChI is InChI=1S/C26H27N5O3/c1-5-14-30-18(3)22(15-23(32)27-16-19-8-12-21(34-4)13-9-19)25(33)31-26(30)28-24(29-31)20-10-6-17(2)7-11-20/h5-13H,1,14-16H2,2-4H3,(H,27,32). The third kappa shape index (κ3) is 4.61. The molecule has 0 saturated heterocycles. The van der Waals surface area contributed by atoms with Gasteiger partial charge in [0, 0.05) is 29.9 Å². The number of aryl methyl sites for hydroxylation is 1. The Bertz CT molecular complexity index is 1400. The van der Waals surface area contributed by atoms with Crippen LogP contribution in [0.1, 0.15) is 22.4 Å². The molecule has 4 rings (SSSR count). The Morgan fingerprint density at radius 1 is 1.12 bits per heavy atom. The van der Waals surface area contributed by atoms with Crippen LogP contribution in [0.25, 0.3) is 17.2 Å². The third-order valence-corrected chi connectivity index (χ3v) is 5.73. The summed E-state index contributed by atoms with van der Waals surface area (Å²) in [6.45, 7) is 8.43. The van der Waals surface area contributed by atoms with Crippen molar-refractivity contribution in [2.75, 3.05) is 7.11 Å². The summed E-state index contributed by atoms with van der Waals surface area (Å²) in [5.74, 6) is 1.37. The lowest BCUT2D eigenvalue weighted by Crippen LogP contribution is -2.32. The molecule has 1 amide bonds. The molecule has 1 N–H and O–H groups in total. The molecule has 0 radical (unpaired) electrons. The molecule has 0 atom stereocenters. The van der Waals surface area contributed by atoms with E-state index in [0.29, 0.717) is 35.9 Å². The quantitative estimate of drug-likeness (QED) is 0.410. The average Bonchev–Trinajstić information content (AvgIpc) is 3.29. The minimum absolute atomic E-state index is 0.0619. The summed E-state index contributed by atoms with van der Waals surface area (Å²) in [6, 6.07) is 15.2. The SMILES string of the molecule is C=CCn1c(C)c(CC(=O)NCc2ccc(OC)cc2)c(=O)n2nc(-c3ccc(C)cc3)nc12. The topological polar surface area (TPSA) is 90.5 Å². The van der Waals surface area contributed by atoms with E-state index >= 15 is 0 Å². The van der Waals surface area contributed by atoms with Crippen LogP contribution in [0, 0.1) is 13.8 Å². The normalized spacial score (nSPS) is 10.9. The van der Waals surface area contributed by atoms with Gasteiger partial charge in [0.2, 0.25) is 11.7 Å². The van der Waals surface area contributed by atoms with Crippen molar-refractivity contribution in [3.63, 3.8) is 0 Å². The van der Waals surface area contributed by atoms with Gasteiger partial charge in [-0.25, -0.2) is 0 Å². The predicted octanol–water partition coefficient (Wildman–Crippen LogP) is 3.23. The highest BCUT2D eigenvalue weighted by Crippen LogP contribution is 2.18. The van der Waals surface area contributed by atoms with Crippen LogP contribution in [0.3, 0.4) is 0 Å². The van der Waals surface area contributed by atoms with Gasteiger partial charge in [0.05, 0.1) is 13.5 Å². The molecule has 2 aromatic carbocycles. The van der Waals surface area contributed by atoms with Gasteiger partial charge in [0.25, 0.3) is 5.56 Å². The van der Waals surface area contributed by atoms with E-state index in [9.17, 15) is 9.59 Å². The van der Waals surface area contributed by atoms with Gasteiger partial charge in [0.15, 0.2) is 5.82 Å². The van der Waals surface area contributed by atoms with Crippen molar-refractivity contribution in [2.45, 2.75) is 33.4 Å². The highest BCUT2D eigenvalue weighted by Gasteiger charge is 2.20. The minimum atomic E-state index is -0.349. The number of carbonyl (C=O) groups is 1. The molecule has 0 bridgehead atoms. The molecular weight excluding hydrogens is 430 g/mol. The molecule has 0 unspecified atom stereocenters. The molecule has 2 aromatic heterocycles. The van der Waals surface area contributed by atoms with E-state index in [1.54, 1.807) is 13.2 Å². The summed E-state index contributed by atoms with van der Waals surface area (Å²) < 4.78 is 8.28. The number of hydrogen-bond acceptors (Lipinski definition) is 5. The van der Waals surface area contributed by atoms with E-state index in [1.807, 2.05) is 66.9 Å². The fourth-order valence-corrected chi connectivity index (χ4v) is 3.75. The molecule has 34 heavy (non-hydrogen) atoms. The van der Waals surface area contributed by atoms with E-state index in [1.165, 1.54) is 4.52 Å². The molecule has 174 valence electrons. The molecule has 8 nitrogen and oxygen atoms in total. The molecule has 2 heterocycles. The largest absolute Gasteiger partial charge is 0.497 e. The number of allylic oxidation sites excluding steroid dienone is 1. The predicted molar refractivity (Wildman–Crippen MR) is 131 cm³/mol. The zero-order valence-electron chi connectivity index (χ0n) is 19.5. The number of nitrogens with zero attached hydrogens (tertiary/aromatic N) is 4. The first kappa shape index (κ1) is 23.0. The Morgan fingerprint density at radius 2 is 1.82 bits per heavy atom. The van der Waals surface area contributed by atoms with Gasteiger partial charge in [0.1, 0.15) is 5.75 Å². The molecule has 0 spiro atoms. The Balaban J connectivity index is 1.64. The van der Waals surface area contributed by atoms with Crippen LogP contribution in [0.2, 0.25) is 0 Å². The lowest BCUT2D eigenvalue weighted by molar-refractivity contribution is -0.120. The highest BCUT2D eigenvalue weighted by atomic mass is 16.5. The minimum Gasteiger partial charge on any atom is -0.497 e. The van der Waals surface area contributed by atoms with E-state index in [-0.39, 0.29) is 17.9 Å². The fourth-order valence-electron chi connectivity index (χ4n) is 3.75. The Morgan fingerprint density at radius 3 is 2.47 bits per heavy atom. The number of aromatic nitrogens is 4. The van der Waals surface area contributed by atoms with Crippen LogP contribution in [-0.2, 0) is 24.3 Å². The van der Waals surface area contributed by atoms with Gasteiger partial charge in [-0.05, 0) is 31.5 Å². The summed E-state index contributed by atoms with van der Waals surface area (Å²) in [5, 5.41) is 7.35.